The first-order valence-electron chi connectivity index (χ1n) is 7.97. The van der Waals surface area contributed by atoms with Crippen LogP contribution >= 0.6 is 23.8 Å². The smallest absolute Gasteiger partial charge is 0.314 e. The number of nitrogens with one attached hydrogen (secondary N) is 2. The average Bonchev–Trinajstić information content (AvgIpc) is 2.49. The molecule has 2 amide bonds. The SMILES string of the molecule is COSCCCCCCNC(=O)NCCCCCCSC. The van der Waals surface area contributed by atoms with E-state index in [1.54, 1.807) is 7.11 Å². The van der Waals surface area contributed by atoms with Gasteiger partial charge < -0.3 is 14.8 Å². The molecule has 4 nitrogen and oxygen atoms in total. The minimum absolute atomic E-state index is 0.0194. The Morgan fingerprint density at radius 2 is 1.38 bits per heavy atom. The predicted octanol–water partition coefficient (Wildman–Crippen LogP) is 4.06. The normalized spacial score (nSPS) is 10.6. The van der Waals surface area contributed by atoms with Crippen molar-refractivity contribution in [3.8, 4) is 0 Å². The summed E-state index contributed by atoms with van der Waals surface area (Å²) in [5.74, 6) is 2.30. The van der Waals surface area contributed by atoms with Crippen LogP contribution in [-0.2, 0) is 4.18 Å². The molecular formula is C15H32N2O2S2. The van der Waals surface area contributed by atoms with E-state index in [-0.39, 0.29) is 6.03 Å². The van der Waals surface area contributed by atoms with Crippen molar-refractivity contribution in [3.05, 3.63) is 0 Å². The van der Waals surface area contributed by atoms with Crippen molar-refractivity contribution >= 4 is 29.8 Å². The van der Waals surface area contributed by atoms with Gasteiger partial charge in [0.15, 0.2) is 0 Å². The molecule has 0 saturated carbocycles. The van der Waals surface area contributed by atoms with Crippen LogP contribution in [0.15, 0.2) is 0 Å². The van der Waals surface area contributed by atoms with Gasteiger partial charge in [-0.25, -0.2) is 4.79 Å². The zero-order valence-corrected chi connectivity index (χ0v) is 15.3. The molecule has 0 heterocycles. The third kappa shape index (κ3) is 17.9. The Morgan fingerprint density at radius 1 is 0.857 bits per heavy atom. The molecule has 0 aliphatic carbocycles. The van der Waals surface area contributed by atoms with Crippen LogP contribution in [0.1, 0.15) is 51.4 Å². The summed E-state index contributed by atoms with van der Waals surface area (Å²) in [6, 6.07) is -0.0194. The number of hydrogen-bond acceptors (Lipinski definition) is 4. The van der Waals surface area contributed by atoms with Gasteiger partial charge in [-0.1, -0.05) is 25.7 Å². The summed E-state index contributed by atoms with van der Waals surface area (Å²) in [5, 5.41) is 5.83. The van der Waals surface area contributed by atoms with Crippen molar-refractivity contribution in [1.82, 2.24) is 10.6 Å². The third-order valence-corrected chi connectivity index (χ3v) is 4.51. The van der Waals surface area contributed by atoms with Crippen LogP contribution in [0.5, 0.6) is 0 Å². The average molecular weight is 337 g/mol. The molecule has 0 aliphatic rings. The highest BCUT2D eigenvalue weighted by Gasteiger charge is 1.98. The monoisotopic (exact) mass is 336 g/mol. The van der Waals surface area contributed by atoms with Crippen molar-refractivity contribution < 1.29 is 8.98 Å². The molecule has 0 radical (unpaired) electrons. The first-order valence-corrected chi connectivity index (χ1v) is 10.3. The lowest BCUT2D eigenvalue weighted by Gasteiger charge is -2.07. The second-order valence-corrected chi connectivity index (χ2v) is 6.96. The van der Waals surface area contributed by atoms with E-state index in [0.29, 0.717) is 0 Å². The fourth-order valence-electron chi connectivity index (χ4n) is 1.91. The lowest BCUT2D eigenvalue weighted by molar-refractivity contribution is 0.240. The van der Waals surface area contributed by atoms with Crippen molar-refractivity contribution in [3.63, 3.8) is 0 Å². The van der Waals surface area contributed by atoms with Gasteiger partial charge in [0.2, 0.25) is 0 Å². The Bertz CT molecular complexity index is 232. The summed E-state index contributed by atoms with van der Waals surface area (Å²) >= 11 is 3.41. The molecule has 0 atom stereocenters. The topological polar surface area (TPSA) is 50.4 Å². The fourth-order valence-corrected chi connectivity index (χ4v) is 2.90. The summed E-state index contributed by atoms with van der Waals surface area (Å²) in [6.45, 7) is 1.57. The molecular weight excluding hydrogens is 304 g/mol. The highest BCUT2D eigenvalue weighted by atomic mass is 32.2. The number of hydrogen-bond donors (Lipinski definition) is 2. The minimum atomic E-state index is -0.0194. The summed E-state index contributed by atoms with van der Waals surface area (Å²) in [5.41, 5.74) is 0. The van der Waals surface area contributed by atoms with Crippen molar-refractivity contribution in [2.75, 3.05) is 38.0 Å². The largest absolute Gasteiger partial charge is 0.338 e. The van der Waals surface area contributed by atoms with Gasteiger partial charge in [0, 0.05) is 18.8 Å². The fraction of sp³-hybridized carbons (Fsp3) is 0.933. The van der Waals surface area contributed by atoms with E-state index >= 15 is 0 Å². The van der Waals surface area contributed by atoms with Crippen LogP contribution in [0.2, 0.25) is 0 Å². The number of thioether (sulfide) groups is 1. The molecule has 0 aromatic carbocycles. The predicted molar refractivity (Wildman–Crippen MR) is 96.2 cm³/mol. The number of amides is 2. The number of urea groups is 1. The number of rotatable bonds is 15. The molecule has 0 aliphatic heterocycles. The van der Waals surface area contributed by atoms with E-state index in [2.05, 4.69) is 16.9 Å². The summed E-state index contributed by atoms with van der Waals surface area (Å²) in [4.78, 5) is 11.5. The van der Waals surface area contributed by atoms with Gasteiger partial charge in [-0.15, -0.1) is 0 Å². The van der Waals surface area contributed by atoms with Crippen LogP contribution in [-0.4, -0.2) is 44.0 Å². The van der Waals surface area contributed by atoms with Crippen molar-refractivity contribution in [2.45, 2.75) is 51.4 Å². The van der Waals surface area contributed by atoms with E-state index < -0.39 is 0 Å². The van der Waals surface area contributed by atoms with Gasteiger partial charge in [-0.3, -0.25) is 0 Å². The first-order chi connectivity index (χ1) is 10.3. The molecule has 0 unspecified atom stereocenters. The number of unbranched alkanes of at least 4 members (excludes halogenated alkanes) is 6. The second-order valence-electron chi connectivity index (χ2n) is 4.99. The summed E-state index contributed by atoms with van der Waals surface area (Å²) in [7, 11) is 1.71. The van der Waals surface area contributed by atoms with Crippen LogP contribution in [0.25, 0.3) is 0 Å². The summed E-state index contributed by atoms with van der Waals surface area (Å²) < 4.78 is 4.93. The highest BCUT2D eigenvalue weighted by molar-refractivity contribution is 7.98. The molecule has 0 spiro atoms. The van der Waals surface area contributed by atoms with Crippen LogP contribution in [0.4, 0.5) is 4.79 Å². The second kappa shape index (κ2) is 18.0. The molecule has 0 bridgehead atoms. The third-order valence-electron chi connectivity index (χ3n) is 3.12. The molecule has 126 valence electrons. The van der Waals surface area contributed by atoms with Gasteiger partial charge in [0.25, 0.3) is 0 Å². The Labute approximate surface area is 139 Å². The quantitative estimate of drug-likeness (QED) is 0.350. The lowest BCUT2D eigenvalue weighted by Crippen LogP contribution is -2.36. The summed E-state index contributed by atoms with van der Waals surface area (Å²) in [6.07, 6.45) is 11.6. The van der Waals surface area contributed by atoms with Crippen molar-refractivity contribution in [2.24, 2.45) is 0 Å². The van der Waals surface area contributed by atoms with Crippen LogP contribution in [0.3, 0.4) is 0 Å². The van der Waals surface area contributed by atoms with Gasteiger partial charge >= 0.3 is 6.03 Å². The van der Waals surface area contributed by atoms with Gasteiger partial charge in [-0.05, 0) is 49.7 Å². The Balaban J connectivity index is 3.13. The highest BCUT2D eigenvalue weighted by Crippen LogP contribution is 2.07. The molecule has 0 aromatic rings. The molecule has 6 heteroatoms. The number of carbonyl (C=O) groups excluding carboxylic acids is 1. The van der Waals surface area contributed by atoms with Crippen molar-refractivity contribution in [1.29, 1.82) is 0 Å². The molecule has 0 aromatic heterocycles. The molecule has 0 saturated heterocycles. The molecule has 21 heavy (non-hydrogen) atoms. The Morgan fingerprint density at radius 3 is 1.90 bits per heavy atom. The first kappa shape index (κ1) is 20.9. The van der Waals surface area contributed by atoms with E-state index in [4.69, 9.17) is 4.18 Å². The molecule has 0 rings (SSSR count). The minimum Gasteiger partial charge on any atom is -0.338 e. The van der Waals surface area contributed by atoms with Crippen LogP contribution in [0, 0.1) is 0 Å². The number of carbonyl (C=O) groups is 1. The van der Waals surface area contributed by atoms with E-state index in [1.165, 1.54) is 56.3 Å². The van der Waals surface area contributed by atoms with E-state index in [9.17, 15) is 4.79 Å². The zero-order valence-electron chi connectivity index (χ0n) is 13.6. The molecule has 0 fully saturated rings. The van der Waals surface area contributed by atoms with E-state index in [0.717, 1.165) is 31.7 Å². The maximum atomic E-state index is 11.5. The van der Waals surface area contributed by atoms with Gasteiger partial charge in [0.05, 0.1) is 7.11 Å². The maximum Gasteiger partial charge on any atom is 0.314 e. The van der Waals surface area contributed by atoms with E-state index in [1.807, 2.05) is 11.8 Å². The lowest BCUT2D eigenvalue weighted by atomic mass is 10.2. The zero-order chi connectivity index (χ0) is 15.6. The van der Waals surface area contributed by atoms with Crippen LogP contribution < -0.4 is 10.6 Å². The Hall–Kier alpha value is -0.0700. The maximum absolute atomic E-state index is 11.5. The Kier molecular flexibility index (Phi) is 17.9. The standard InChI is InChI=1S/C15H32N2O2S2/c1-19-21-14-10-6-4-8-12-17-15(18)16-11-7-3-5-9-13-20-2/h3-14H2,1-2H3,(H2,16,17,18). The van der Waals surface area contributed by atoms with Gasteiger partial charge in [0.1, 0.15) is 0 Å². The van der Waals surface area contributed by atoms with Gasteiger partial charge in [-0.2, -0.15) is 11.8 Å². The molecule has 2 N–H and O–H groups in total.